The number of anilines is 2. The third-order valence-corrected chi connectivity index (χ3v) is 6.35. The van der Waals surface area contributed by atoms with Gasteiger partial charge in [-0.05, 0) is 55.8 Å². The van der Waals surface area contributed by atoms with Crippen molar-refractivity contribution in [1.82, 2.24) is 0 Å². The second kappa shape index (κ2) is 12.6. The van der Waals surface area contributed by atoms with Gasteiger partial charge in [0, 0.05) is 12.1 Å². The number of nitrogens with one attached hydrogen (secondary N) is 1. The molecule has 0 saturated carbocycles. The van der Waals surface area contributed by atoms with Crippen LogP contribution in [0.2, 0.25) is 0 Å². The number of hydrogen-bond acceptors (Lipinski definition) is 4. The summed E-state index contributed by atoms with van der Waals surface area (Å²) in [7, 11) is 1.30. The molecule has 0 aromatic heterocycles. The first-order chi connectivity index (χ1) is 20.4. The molecule has 0 aliphatic heterocycles. The Labute approximate surface area is 243 Å². The topological polar surface area (TPSA) is 67.9 Å². The van der Waals surface area contributed by atoms with Gasteiger partial charge in [-0.25, -0.2) is 8.78 Å². The predicted molar refractivity (Wildman–Crippen MR) is 137 cm³/mol. The van der Waals surface area contributed by atoms with Crippen molar-refractivity contribution in [3.63, 3.8) is 0 Å². The van der Waals surface area contributed by atoms with Gasteiger partial charge in [0.15, 0.2) is 5.82 Å². The number of ether oxygens (including phenoxy) is 2. The molecule has 0 bridgehead atoms. The minimum Gasteiger partial charge on any atom is -0.496 e. The van der Waals surface area contributed by atoms with Crippen molar-refractivity contribution in [1.29, 1.82) is 0 Å². The van der Waals surface area contributed by atoms with Crippen molar-refractivity contribution in [3.8, 4) is 11.5 Å². The SMILES string of the molecule is CCN(C(=O)c1ccccc1OC)c1cccc(C(=O)Nc2c(C)cc(C(F)(C(F)(F)F)C(F)(F)F)cc2OC(F)F)c1F. The van der Waals surface area contributed by atoms with Crippen molar-refractivity contribution in [3.05, 3.63) is 82.7 Å². The van der Waals surface area contributed by atoms with Crippen LogP contribution in [0, 0.1) is 12.7 Å². The molecule has 0 heterocycles. The van der Waals surface area contributed by atoms with Crippen LogP contribution in [0.3, 0.4) is 0 Å². The van der Waals surface area contributed by atoms with E-state index in [-0.39, 0.29) is 30.0 Å². The van der Waals surface area contributed by atoms with Crippen LogP contribution in [0.4, 0.5) is 55.3 Å². The van der Waals surface area contributed by atoms with E-state index in [0.29, 0.717) is 0 Å². The summed E-state index contributed by atoms with van der Waals surface area (Å²) in [6.45, 7) is -1.69. The highest BCUT2D eigenvalue weighted by Crippen LogP contribution is 2.54. The van der Waals surface area contributed by atoms with E-state index in [0.717, 1.165) is 30.0 Å². The fraction of sp³-hybridized carbons (Fsp3) is 0.286. The Balaban J connectivity index is 2.08. The fourth-order valence-corrected chi connectivity index (χ4v) is 4.27. The summed E-state index contributed by atoms with van der Waals surface area (Å²) in [4.78, 5) is 27.3. The predicted octanol–water partition coefficient (Wildman–Crippen LogP) is 7.95. The molecule has 2 amide bonds. The van der Waals surface area contributed by atoms with Gasteiger partial charge in [-0.2, -0.15) is 35.1 Å². The first-order valence-electron chi connectivity index (χ1n) is 12.4. The second-order valence-corrected chi connectivity index (χ2v) is 9.04. The maximum Gasteiger partial charge on any atom is 0.435 e. The number of amides is 2. The summed E-state index contributed by atoms with van der Waals surface area (Å²) >= 11 is 0. The number of alkyl halides is 9. The van der Waals surface area contributed by atoms with Gasteiger partial charge in [-0.1, -0.05) is 18.2 Å². The number of aryl methyl sites for hydroxylation is 1. The Hall–Kier alpha value is -4.50. The zero-order valence-electron chi connectivity index (χ0n) is 22.8. The smallest absolute Gasteiger partial charge is 0.435 e. The van der Waals surface area contributed by atoms with Crippen LogP contribution in [-0.2, 0) is 5.67 Å². The molecular weight excluding hydrogens is 618 g/mol. The normalized spacial score (nSPS) is 12.2. The van der Waals surface area contributed by atoms with Gasteiger partial charge in [0.25, 0.3) is 11.8 Å². The average molecular weight is 640 g/mol. The lowest BCUT2D eigenvalue weighted by atomic mass is 9.92. The van der Waals surface area contributed by atoms with E-state index >= 15 is 4.39 Å². The number of benzene rings is 3. The Kier molecular flexibility index (Phi) is 9.75. The first-order valence-corrected chi connectivity index (χ1v) is 12.4. The van der Waals surface area contributed by atoms with Gasteiger partial charge >= 0.3 is 24.6 Å². The molecule has 238 valence electrons. The molecule has 0 fully saturated rings. The average Bonchev–Trinajstić information content (AvgIpc) is 2.93. The lowest BCUT2D eigenvalue weighted by molar-refractivity contribution is -0.348. The maximum absolute atomic E-state index is 15.7. The minimum atomic E-state index is -6.57. The van der Waals surface area contributed by atoms with E-state index in [4.69, 9.17) is 4.74 Å². The molecule has 0 saturated heterocycles. The van der Waals surface area contributed by atoms with Gasteiger partial charge in [0.2, 0.25) is 0 Å². The third-order valence-electron chi connectivity index (χ3n) is 6.35. The Bertz CT molecular complexity index is 1530. The number of rotatable bonds is 9. The number of carbonyl (C=O) groups is 2. The summed E-state index contributed by atoms with van der Waals surface area (Å²) in [5.41, 5.74) is -11.0. The number of carbonyl (C=O) groups excluding carboxylic acids is 2. The number of hydrogen-bond donors (Lipinski definition) is 1. The van der Waals surface area contributed by atoms with Gasteiger partial charge in [-0.15, -0.1) is 0 Å². The van der Waals surface area contributed by atoms with Crippen LogP contribution in [0.1, 0.15) is 38.8 Å². The third kappa shape index (κ3) is 6.38. The van der Waals surface area contributed by atoms with E-state index in [1.54, 1.807) is 6.07 Å². The summed E-state index contributed by atoms with van der Waals surface area (Å²) in [5, 5.41) is 1.92. The summed E-state index contributed by atoms with van der Waals surface area (Å²) in [6.07, 6.45) is -13.1. The molecule has 0 spiro atoms. The molecule has 44 heavy (non-hydrogen) atoms. The van der Waals surface area contributed by atoms with Gasteiger partial charge in [0.1, 0.15) is 11.5 Å². The molecule has 3 rings (SSSR count). The van der Waals surface area contributed by atoms with E-state index in [1.807, 2.05) is 5.32 Å². The van der Waals surface area contributed by atoms with Crippen LogP contribution < -0.4 is 19.7 Å². The van der Waals surface area contributed by atoms with E-state index in [9.17, 15) is 49.1 Å². The molecule has 16 heteroatoms. The zero-order chi connectivity index (χ0) is 33.2. The highest BCUT2D eigenvalue weighted by Gasteiger charge is 2.73. The minimum absolute atomic E-state index is 0.0342. The van der Waals surface area contributed by atoms with Crippen LogP contribution in [-0.4, -0.2) is 44.4 Å². The van der Waals surface area contributed by atoms with Crippen LogP contribution in [0.5, 0.6) is 11.5 Å². The summed E-state index contributed by atoms with van der Waals surface area (Å²) in [6, 6.07) is 8.94. The number of halogens is 10. The molecule has 3 aromatic rings. The molecule has 6 nitrogen and oxygen atoms in total. The molecule has 0 unspecified atom stereocenters. The lowest BCUT2D eigenvalue weighted by Gasteiger charge is -2.31. The number of nitrogens with zero attached hydrogens (tertiary/aromatic N) is 1. The summed E-state index contributed by atoms with van der Waals surface area (Å²) < 4.78 is 146. The largest absolute Gasteiger partial charge is 0.496 e. The van der Waals surface area contributed by atoms with Crippen molar-refractivity contribution in [2.45, 2.75) is 38.5 Å². The van der Waals surface area contributed by atoms with E-state index in [2.05, 4.69) is 4.74 Å². The van der Waals surface area contributed by atoms with Crippen molar-refractivity contribution >= 4 is 23.2 Å². The Morgan fingerprint density at radius 3 is 2.02 bits per heavy atom. The van der Waals surface area contributed by atoms with E-state index < -0.39 is 76.1 Å². The number of para-hydroxylation sites is 1. The van der Waals surface area contributed by atoms with Crippen LogP contribution >= 0.6 is 0 Å². The lowest BCUT2D eigenvalue weighted by Crippen LogP contribution is -2.50. The maximum atomic E-state index is 15.7. The molecule has 3 aromatic carbocycles. The standard InChI is InChI=1S/C28H22F10N2O4/c1-4-40(24(42)16-8-5-6-11-19(16)43-3)18-10-7-9-17(21(18)29)23(41)39-22-14(2)12-15(13-20(22)44-25(30)31)26(32,27(33,34)35)28(36,37)38/h5-13,25H,4H2,1-3H3,(H,39,41). The summed E-state index contributed by atoms with van der Waals surface area (Å²) in [5.74, 6) is -4.75. The zero-order valence-corrected chi connectivity index (χ0v) is 22.8. The Morgan fingerprint density at radius 2 is 1.48 bits per heavy atom. The van der Waals surface area contributed by atoms with Crippen LogP contribution in [0.15, 0.2) is 54.6 Å². The second-order valence-electron chi connectivity index (χ2n) is 9.04. The Morgan fingerprint density at radius 1 is 0.886 bits per heavy atom. The highest BCUT2D eigenvalue weighted by atomic mass is 19.4. The first kappa shape index (κ1) is 34.0. The van der Waals surface area contributed by atoms with Gasteiger partial charge in [0.05, 0.1) is 29.6 Å². The monoisotopic (exact) mass is 640 g/mol. The van der Waals surface area contributed by atoms with Gasteiger partial charge < -0.3 is 19.7 Å². The molecule has 0 aliphatic rings. The highest BCUT2D eigenvalue weighted by molar-refractivity contribution is 6.10. The fourth-order valence-electron chi connectivity index (χ4n) is 4.27. The molecule has 1 N–H and O–H groups in total. The quantitative estimate of drug-likeness (QED) is 0.241. The molecular formula is C28H22F10N2O4. The molecule has 0 atom stereocenters. The van der Waals surface area contributed by atoms with Crippen molar-refractivity contribution < 1.29 is 63.0 Å². The molecule has 0 aliphatic carbocycles. The van der Waals surface area contributed by atoms with Crippen LogP contribution in [0.25, 0.3) is 0 Å². The van der Waals surface area contributed by atoms with E-state index in [1.165, 1.54) is 32.2 Å². The molecule has 0 radical (unpaired) electrons. The number of methoxy groups -OCH3 is 1. The van der Waals surface area contributed by atoms with Crippen molar-refractivity contribution in [2.75, 3.05) is 23.9 Å². The van der Waals surface area contributed by atoms with Gasteiger partial charge in [-0.3, -0.25) is 9.59 Å². The van der Waals surface area contributed by atoms with Crippen molar-refractivity contribution in [2.24, 2.45) is 0 Å².